The molecule has 0 radical (unpaired) electrons. The zero-order chi connectivity index (χ0) is 32.6. The van der Waals surface area contributed by atoms with E-state index in [2.05, 4.69) is 13.5 Å². The van der Waals surface area contributed by atoms with Crippen LogP contribution in [-0.4, -0.2) is 60.0 Å². The number of fused-ring (bicyclic) bond motifs is 1. The molecule has 10 heteroatoms. The molecule has 1 aromatic rings. The number of ketones is 2. The molecule has 244 valence electrons. The van der Waals surface area contributed by atoms with E-state index in [1.165, 1.54) is 6.07 Å². The summed E-state index contributed by atoms with van der Waals surface area (Å²) in [5, 5.41) is 11.6. The number of aliphatic hydroxyl groups is 1. The number of nitrogens with zero attached hydrogens (tertiary/aromatic N) is 1. The van der Waals surface area contributed by atoms with E-state index in [0.29, 0.717) is 24.9 Å². The van der Waals surface area contributed by atoms with E-state index in [-0.39, 0.29) is 53.1 Å². The Hall–Kier alpha value is -2.78. The van der Waals surface area contributed by atoms with Crippen molar-refractivity contribution in [1.29, 1.82) is 0 Å². The van der Waals surface area contributed by atoms with Crippen molar-refractivity contribution in [3.05, 3.63) is 41.2 Å². The summed E-state index contributed by atoms with van der Waals surface area (Å²) in [5.41, 5.74) is -1.35. The Morgan fingerprint density at radius 2 is 1.89 bits per heavy atom. The summed E-state index contributed by atoms with van der Waals surface area (Å²) in [6.45, 7) is 11.5. The van der Waals surface area contributed by atoms with Crippen molar-refractivity contribution >= 4 is 40.8 Å². The van der Waals surface area contributed by atoms with Crippen molar-refractivity contribution in [2.45, 2.75) is 90.9 Å². The van der Waals surface area contributed by atoms with Gasteiger partial charge in [0.2, 0.25) is 0 Å². The van der Waals surface area contributed by atoms with E-state index in [1.807, 2.05) is 25.7 Å². The topological polar surface area (TPSA) is 110 Å². The molecule has 0 spiro atoms. The SMILES string of the molecule is C=C[C@]1(C)C[C@@H](OC(=O)COC(=O)C2CN(C3CC3)c3cc(Cl)c(F)cc3C2=O)[C@]2(C)CC[C@@H](C)[C@@]3(CCC(=O)[C@@H]23)[C@@H](C)[C@@H]1O. The first-order valence-electron chi connectivity index (χ1n) is 16.2. The molecular formula is C35H43ClFNO7. The molecule has 1 heterocycles. The van der Waals surface area contributed by atoms with Crippen LogP contribution in [0.4, 0.5) is 10.1 Å². The minimum absolute atomic E-state index is 0.0465. The van der Waals surface area contributed by atoms with E-state index < -0.39 is 64.5 Å². The average Bonchev–Trinajstić information content (AvgIpc) is 3.79. The minimum atomic E-state index is -1.23. The Morgan fingerprint density at radius 1 is 1.18 bits per heavy atom. The Bertz CT molecular complexity index is 1460. The molecular weight excluding hydrogens is 601 g/mol. The molecule has 1 aliphatic heterocycles. The normalized spacial score (nSPS) is 39.3. The third kappa shape index (κ3) is 4.95. The molecule has 5 aliphatic rings. The number of hydrogen-bond acceptors (Lipinski definition) is 8. The monoisotopic (exact) mass is 643 g/mol. The quantitative estimate of drug-likeness (QED) is 0.239. The maximum Gasteiger partial charge on any atom is 0.344 e. The van der Waals surface area contributed by atoms with Crippen LogP contribution in [0.25, 0.3) is 0 Å². The molecule has 4 saturated carbocycles. The molecule has 1 N–H and O–H groups in total. The fourth-order valence-electron chi connectivity index (χ4n) is 9.54. The number of aliphatic hydroxyl groups excluding tert-OH is 1. The summed E-state index contributed by atoms with van der Waals surface area (Å²) in [5.74, 6) is -4.44. The first-order valence-corrected chi connectivity index (χ1v) is 16.6. The summed E-state index contributed by atoms with van der Waals surface area (Å²) in [6, 6.07) is 2.58. The van der Waals surface area contributed by atoms with Crippen molar-refractivity contribution in [2.75, 3.05) is 18.1 Å². The molecule has 0 saturated heterocycles. The fourth-order valence-corrected chi connectivity index (χ4v) is 9.70. The van der Waals surface area contributed by atoms with Crippen molar-refractivity contribution in [1.82, 2.24) is 0 Å². The lowest BCUT2D eigenvalue weighted by Crippen LogP contribution is -2.63. The molecule has 9 atom stereocenters. The van der Waals surface area contributed by atoms with E-state index in [1.54, 1.807) is 6.08 Å². The van der Waals surface area contributed by atoms with Crippen molar-refractivity contribution in [2.24, 2.45) is 39.9 Å². The smallest absolute Gasteiger partial charge is 0.344 e. The number of carbonyl (C=O) groups excluding carboxylic acids is 4. The molecule has 0 aromatic heterocycles. The second kappa shape index (κ2) is 11.2. The second-order valence-corrected chi connectivity index (χ2v) is 15.2. The van der Waals surface area contributed by atoms with Gasteiger partial charge in [-0.3, -0.25) is 14.4 Å². The summed E-state index contributed by atoms with van der Waals surface area (Å²) >= 11 is 6.00. The number of esters is 2. The molecule has 4 aliphatic carbocycles. The predicted molar refractivity (Wildman–Crippen MR) is 165 cm³/mol. The van der Waals surface area contributed by atoms with Crippen LogP contribution >= 0.6 is 11.6 Å². The first-order chi connectivity index (χ1) is 21.2. The highest BCUT2D eigenvalue weighted by Crippen LogP contribution is 2.68. The summed E-state index contributed by atoms with van der Waals surface area (Å²) < 4.78 is 25.8. The summed E-state index contributed by atoms with van der Waals surface area (Å²) in [6.07, 6.45) is 4.80. The number of Topliss-reactive ketones (excluding diaryl/α,β-unsaturated/α-hetero) is 2. The van der Waals surface area contributed by atoms with Crippen LogP contribution in [0.3, 0.4) is 0 Å². The van der Waals surface area contributed by atoms with Gasteiger partial charge in [0.05, 0.1) is 11.1 Å². The van der Waals surface area contributed by atoms with Gasteiger partial charge in [0.1, 0.15) is 23.6 Å². The summed E-state index contributed by atoms with van der Waals surface area (Å²) in [4.78, 5) is 55.4. The van der Waals surface area contributed by atoms with Gasteiger partial charge >= 0.3 is 11.9 Å². The first kappa shape index (κ1) is 32.2. The number of rotatable bonds is 6. The van der Waals surface area contributed by atoms with Gasteiger partial charge in [-0.05, 0) is 67.9 Å². The van der Waals surface area contributed by atoms with Crippen molar-refractivity contribution in [3.8, 4) is 0 Å². The van der Waals surface area contributed by atoms with Crippen LogP contribution in [0.2, 0.25) is 5.02 Å². The Labute approximate surface area is 268 Å². The van der Waals surface area contributed by atoms with E-state index in [4.69, 9.17) is 21.1 Å². The van der Waals surface area contributed by atoms with Crippen LogP contribution in [0.5, 0.6) is 0 Å². The minimum Gasteiger partial charge on any atom is -0.459 e. The van der Waals surface area contributed by atoms with E-state index in [0.717, 1.165) is 25.3 Å². The zero-order valence-electron chi connectivity index (χ0n) is 26.4. The third-order valence-electron chi connectivity index (χ3n) is 12.4. The van der Waals surface area contributed by atoms with E-state index in [9.17, 15) is 28.7 Å². The van der Waals surface area contributed by atoms with E-state index >= 15 is 0 Å². The second-order valence-electron chi connectivity index (χ2n) is 14.8. The maximum atomic E-state index is 14.3. The highest BCUT2D eigenvalue weighted by Gasteiger charge is 2.68. The highest BCUT2D eigenvalue weighted by atomic mass is 35.5. The van der Waals surface area contributed by atoms with Gasteiger partial charge in [0.15, 0.2) is 12.4 Å². The Morgan fingerprint density at radius 3 is 2.56 bits per heavy atom. The van der Waals surface area contributed by atoms with Crippen LogP contribution in [0.15, 0.2) is 24.8 Å². The number of hydrogen-bond donors (Lipinski definition) is 1. The van der Waals surface area contributed by atoms with Gasteiger partial charge in [0.25, 0.3) is 0 Å². The zero-order valence-corrected chi connectivity index (χ0v) is 27.2. The number of benzene rings is 1. The lowest BCUT2D eigenvalue weighted by Gasteiger charge is -2.62. The average molecular weight is 644 g/mol. The lowest BCUT2D eigenvalue weighted by molar-refractivity contribution is -0.207. The molecule has 45 heavy (non-hydrogen) atoms. The van der Waals surface area contributed by atoms with Crippen LogP contribution in [0, 0.1) is 45.7 Å². The standard InChI is InChI=1S/C35H43ClFNO7/c1-6-33(4)15-27(34(5)11-9-18(2)35(19(3)31(33)42)12-10-26(39)30(34)35)45-28(40)17-44-32(43)22-16-38(20-7-8-20)25-14-23(36)24(37)13-21(25)29(22)41/h6,13-14,18-20,22,27,30-31,42H,1,7-12,15-17H2,2-5H3/t18-,19+,22?,27-,30+,31+,33-,34+,35+/m1/s1. The molecule has 1 unspecified atom stereocenters. The van der Waals surface area contributed by atoms with Crippen molar-refractivity contribution < 1.29 is 38.1 Å². The largest absolute Gasteiger partial charge is 0.459 e. The van der Waals surface area contributed by atoms with Crippen LogP contribution in [-0.2, 0) is 23.9 Å². The molecule has 0 amide bonds. The Kier molecular flexibility index (Phi) is 7.99. The van der Waals surface area contributed by atoms with Crippen molar-refractivity contribution in [3.63, 3.8) is 0 Å². The van der Waals surface area contributed by atoms with Gasteiger partial charge in [-0.15, -0.1) is 6.58 Å². The number of halogens is 2. The Balaban J connectivity index is 1.22. The van der Waals surface area contributed by atoms with Gasteiger partial charge in [-0.1, -0.05) is 45.4 Å². The van der Waals surface area contributed by atoms with Gasteiger partial charge < -0.3 is 19.5 Å². The number of anilines is 1. The highest BCUT2D eigenvalue weighted by molar-refractivity contribution is 6.31. The molecule has 6 rings (SSSR count). The lowest BCUT2D eigenvalue weighted by atomic mass is 9.43. The van der Waals surface area contributed by atoms with Crippen LogP contribution in [0.1, 0.15) is 83.0 Å². The number of carbonyl (C=O) groups is 4. The predicted octanol–water partition coefficient (Wildman–Crippen LogP) is 5.71. The molecule has 8 nitrogen and oxygen atoms in total. The third-order valence-corrected chi connectivity index (χ3v) is 12.7. The van der Waals surface area contributed by atoms with Gasteiger partial charge in [-0.2, -0.15) is 0 Å². The van der Waals surface area contributed by atoms with Crippen LogP contribution < -0.4 is 4.90 Å². The van der Waals surface area contributed by atoms with Gasteiger partial charge in [-0.25, -0.2) is 9.18 Å². The van der Waals surface area contributed by atoms with Gasteiger partial charge in [0, 0.05) is 47.0 Å². The number of ether oxygens (including phenoxy) is 2. The molecule has 4 fully saturated rings. The maximum absolute atomic E-state index is 14.3. The summed E-state index contributed by atoms with van der Waals surface area (Å²) in [7, 11) is 0. The molecule has 1 aromatic carbocycles. The molecule has 2 bridgehead atoms. The fraction of sp³-hybridized carbons (Fsp3) is 0.657.